The summed E-state index contributed by atoms with van der Waals surface area (Å²) in [5.74, 6) is -4.39. The summed E-state index contributed by atoms with van der Waals surface area (Å²) in [7, 11) is 0. The predicted octanol–water partition coefficient (Wildman–Crippen LogP) is 8.32. The fraction of sp³-hybridized carbons (Fsp3) is 0.0909. The molecule has 0 saturated carbocycles. The first kappa shape index (κ1) is 25.9. The van der Waals surface area contributed by atoms with Crippen LogP contribution in [-0.4, -0.2) is 17.8 Å². The highest BCUT2D eigenvalue weighted by molar-refractivity contribution is 6.01. The van der Waals surface area contributed by atoms with E-state index in [4.69, 9.17) is 0 Å². The average Bonchev–Trinajstić information content (AvgIpc) is 3.06. The molecule has 6 heteroatoms. The lowest BCUT2D eigenvalue weighted by Gasteiger charge is -2.25. The molecule has 0 radical (unpaired) electrons. The maximum absolute atomic E-state index is 15.0. The highest BCUT2D eigenvalue weighted by atomic mass is 19.3. The van der Waals surface area contributed by atoms with Crippen LogP contribution in [0.1, 0.15) is 33.4 Å². The maximum Gasteiger partial charge on any atom is 0.380 e. The van der Waals surface area contributed by atoms with Crippen LogP contribution >= 0.6 is 0 Å². The summed E-state index contributed by atoms with van der Waals surface area (Å²) in [5, 5.41) is 0. The number of allylic oxidation sites excluding steroid dienone is 2. The molecule has 0 spiro atoms. The third-order valence-electron chi connectivity index (χ3n) is 6.26. The van der Waals surface area contributed by atoms with Crippen LogP contribution in [0, 0.1) is 23.7 Å². The number of benzene rings is 4. The Morgan fingerprint density at radius 3 is 0.949 bits per heavy atom. The first-order valence-corrected chi connectivity index (χ1v) is 11.8. The number of halogens is 6. The summed E-state index contributed by atoms with van der Waals surface area (Å²) in [4.78, 5) is 0. The molecule has 5 rings (SSSR count). The van der Waals surface area contributed by atoms with E-state index in [1.807, 2.05) is 12.1 Å². The van der Waals surface area contributed by atoms with Gasteiger partial charge in [-0.15, -0.1) is 0 Å². The van der Waals surface area contributed by atoms with Crippen LogP contribution in [0.15, 0.2) is 109 Å². The third-order valence-corrected chi connectivity index (χ3v) is 6.26. The smallest absolute Gasteiger partial charge is 0.194 e. The van der Waals surface area contributed by atoms with E-state index < -0.39 is 40.0 Å². The van der Waals surface area contributed by atoms with Crippen molar-refractivity contribution in [2.75, 3.05) is 0 Å². The van der Waals surface area contributed by atoms with Crippen molar-refractivity contribution in [3.05, 3.63) is 143 Å². The molecule has 0 fully saturated rings. The molecule has 0 aliphatic heterocycles. The quantitative estimate of drug-likeness (QED) is 0.181. The van der Waals surface area contributed by atoms with Crippen LogP contribution < -0.4 is 0 Å². The van der Waals surface area contributed by atoms with Crippen LogP contribution in [0.4, 0.5) is 26.3 Å². The summed E-state index contributed by atoms with van der Waals surface area (Å²) >= 11 is 0. The second-order valence-corrected chi connectivity index (χ2v) is 8.86. The van der Waals surface area contributed by atoms with Gasteiger partial charge in [0.2, 0.25) is 0 Å². The molecule has 0 atom stereocenters. The minimum atomic E-state index is -5.62. The molecule has 1 aliphatic carbocycles. The molecule has 0 nitrogen and oxygen atoms in total. The number of rotatable bonds is 2. The number of alkyl halides is 6. The number of hydrogen-bond acceptors (Lipinski definition) is 0. The Morgan fingerprint density at radius 2 is 0.641 bits per heavy atom. The van der Waals surface area contributed by atoms with Gasteiger partial charge in [0.15, 0.2) is 0 Å². The zero-order valence-corrected chi connectivity index (χ0v) is 20.2. The van der Waals surface area contributed by atoms with Crippen LogP contribution in [0.2, 0.25) is 0 Å². The van der Waals surface area contributed by atoms with Gasteiger partial charge in [-0.1, -0.05) is 84.3 Å². The highest BCUT2D eigenvalue weighted by Crippen LogP contribution is 2.64. The molecule has 39 heavy (non-hydrogen) atoms. The Balaban J connectivity index is 1.55. The molecule has 0 heterocycles. The van der Waals surface area contributed by atoms with E-state index in [1.54, 1.807) is 48.5 Å². The van der Waals surface area contributed by atoms with E-state index in [-0.39, 0.29) is 0 Å². The van der Waals surface area contributed by atoms with Gasteiger partial charge < -0.3 is 0 Å². The third kappa shape index (κ3) is 4.71. The lowest BCUT2D eigenvalue weighted by atomic mass is 9.93. The molecule has 0 N–H and O–H groups in total. The van der Waals surface area contributed by atoms with Gasteiger partial charge in [0.05, 0.1) is 0 Å². The molecule has 0 saturated heterocycles. The first-order chi connectivity index (χ1) is 18.6. The van der Waals surface area contributed by atoms with Crippen molar-refractivity contribution < 1.29 is 26.3 Å². The minimum absolute atomic E-state index is 0.408. The van der Waals surface area contributed by atoms with Crippen molar-refractivity contribution in [3.8, 4) is 23.7 Å². The molecule has 4 aromatic carbocycles. The van der Waals surface area contributed by atoms with Crippen molar-refractivity contribution in [1.82, 2.24) is 0 Å². The van der Waals surface area contributed by atoms with E-state index >= 15 is 17.6 Å². The van der Waals surface area contributed by atoms with Gasteiger partial charge in [0, 0.05) is 33.4 Å². The van der Waals surface area contributed by atoms with Crippen LogP contribution in [0.25, 0.3) is 11.1 Å². The predicted molar refractivity (Wildman–Crippen MR) is 139 cm³/mol. The molecule has 0 bridgehead atoms. The fourth-order valence-electron chi connectivity index (χ4n) is 4.25. The topological polar surface area (TPSA) is 0 Å². The Hall–Kier alpha value is -4.68. The summed E-state index contributed by atoms with van der Waals surface area (Å²) in [5.41, 5.74) is -1.46. The molecule has 192 valence electrons. The summed E-state index contributed by atoms with van der Waals surface area (Å²) in [6.45, 7) is 0. The normalized spacial score (nSPS) is 16.6. The summed E-state index contributed by atoms with van der Waals surface area (Å²) in [6, 6.07) is 27.7. The zero-order valence-electron chi connectivity index (χ0n) is 20.2. The van der Waals surface area contributed by atoms with Crippen molar-refractivity contribution in [2.45, 2.75) is 17.8 Å². The molecular weight excluding hydrogens is 510 g/mol. The first-order valence-electron chi connectivity index (χ1n) is 11.8. The Bertz CT molecular complexity index is 1520. The van der Waals surface area contributed by atoms with E-state index in [2.05, 4.69) is 23.7 Å². The molecule has 0 amide bonds. The SMILES string of the molecule is FC1(F)C(c2ccc(C#Cc3ccccc3)cc2)=C(c2ccc(C#Cc3ccccc3)cc2)C(F)(F)C1(F)F. The fourth-order valence-corrected chi connectivity index (χ4v) is 4.25. The number of hydrogen-bond donors (Lipinski definition) is 0. The van der Waals surface area contributed by atoms with Crippen LogP contribution in [0.3, 0.4) is 0 Å². The van der Waals surface area contributed by atoms with Gasteiger partial charge in [-0.2, -0.15) is 26.3 Å². The van der Waals surface area contributed by atoms with Crippen molar-refractivity contribution in [2.24, 2.45) is 0 Å². The lowest BCUT2D eigenvalue weighted by Crippen LogP contribution is -2.48. The Morgan fingerprint density at radius 1 is 0.359 bits per heavy atom. The molecular formula is C33H18F6. The molecule has 1 aliphatic rings. The Kier molecular flexibility index (Phi) is 6.58. The van der Waals surface area contributed by atoms with Crippen LogP contribution in [-0.2, 0) is 0 Å². The van der Waals surface area contributed by atoms with Crippen LogP contribution in [0.5, 0.6) is 0 Å². The summed E-state index contributed by atoms with van der Waals surface area (Å²) in [6.07, 6.45) is 0. The standard InChI is InChI=1S/C33H18F6/c34-31(35)29(27-19-15-25(16-20-27)13-11-23-7-3-1-4-8-23)30(32(36,37)33(31,38)39)28-21-17-26(18-22-28)14-12-24-9-5-2-6-10-24/h1-10,15-22H. The van der Waals surface area contributed by atoms with Gasteiger partial charge in [0.25, 0.3) is 0 Å². The van der Waals surface area contributed by atoms with Gasteiger partial charge in [-0.05, 0) is 59.7 Å². The monoisotopic (exact) mass is 528 g/mol. The Labute approximate surface area is 221 Å². The van der Waals surface area contributed by atoms with Gasteiger partial charge in [0.1, 0.15) is 0 Å². The maximum atomic E-state index is 15.0. The van der Waals surface area contributed by atoms with E-state index in [1.165, 1.54) is 24.3 Å². The summed E-state index contributed by atoms with van der Waals surface area (Å²) < 4.78 is 89.2. The van der Waals surface area contributed by atoms with E-state index in [0.29, 0.717) is 22.3 Å². The molecule has 4 aromatic rings. The second-order valence-electron chi connectivity index (χ2n) is 8.86. The van der Waals surface area contributed by atoms with Crippen molar-refractivity contribution in [3.63, 3.8) is 0 Å². The van der Waals surface area contributed by atoms with Gasteiger partial charge in [-0.25, -0.2) is 0 Å². The van der Waals surface area contributed by atoms with Gasteiger partial charge in [-0.3, -0.25) is 0 Å². The molecule has 0 unspecified atom stereocenters. The van der Waals surface area contributed by atoms with E-state index in [0.717, 1.165) is 24.3 Å². The largest absolute Gasteiger partial charge is 0.380 e. The second kappa shape index (κ2) is 9.89. The zero-order chi connectivity index (χ0) is 27.7. The van der Waals surface area contributed by atoms with Gasteiger partial charge >= 0.3 is 17.8 Å². The van der Waals surface area contributed by atoms with Crippen molar-refractivity contribution >= 4 is 11.1 Å². The minimum Gasteiger partial charge on any atom is -0.194 e. The van der Waals surface area contributed by atoms with E-state index in [9.17, 15) is 8.78 Å². The molecule has 0 aromatic heterocycles. The highest BCUT2D eigenvalue weighted by Gasteiger charge is 2.80. The van der Waals surface area contributed by atoms with Crippen molar-refractivity contribution in [1.29, 1.82) is 0 Å². The lowest BCUT2D eigenvalue weighted by molar-refractivity contribution is -0.254. The average molecular weight is 528 g/mol.